The van der Waals surface area contributed by atoms with Gasteiger partial charge in [-0.3, -0.25) is 0 Å². The van der Waals surface area contributed by atoms with Gasteiger partial charge in [-0.1, -0.05) is 60.7 Å². The van der Waals surface area contributed by atoms with Crippen molar-refractivity contribution in [2.45, 2.75) is 20.8 Å². The molecule has 0 amide bonds. The molecule has 0 saturated heterocycles. The molecule has 0 saturated carbocycles. The van der Waals surface area contributed by atoms with Gasteiger partial charge >= 0.3 is 20.1 Å². The van der Waals surface area contributed by atoms with Crippen LogP contribution in [0.4, 0.5) is 0 Å². The van der Waals surface area contributed by atoms with E-state index in [4.69, 9.17) is 0 Å². The van der Waals surface area contributed by atoms with Crippen molar-refractivity contribution in [3.05, 3.63) is 187 Å². The smallest absolute Gasteiger partial charge is 0.304 e. The van der Waals surface area contributed by atoms with Gasteiger partial charge in [-0.05, 0) is 61.1 Å². The van der Waals surface area contributed by atoms with Crippen LogP contribution in [0.15, 0.2) is 152 Å². The summed E-state index contributed by atoms with van der Waals surface area (Å²) in [6.45, 7) is 6.11. The molecule has 0 bridgehead atoms. The number of rotatable bonds is 4. The normalized spacial score (nSPS) is 9.89. The average Bonchev–Trinajstić information content (AvgIpc) is 3.10. The van der Waals surface area contributed by atoms with Crippen LogP contribution in [0.2, 0.25) is 0 Å². The molecule has 0 aliphatic heterocycles. The molecule has 4 heteroatoms. The van der Waals surface area contributed by atoms with Crippen LogP contribution >= 0.6 is 0 Å². The average molecular weight is 773 g/mol. The summed E-state index contributed by atoms with van der Waals surface area (Å²) in [6.07, 6.45) is 1.95. The zero-order valence-corrected chi connectivity index (χ0v) is 28.5. The molecule has 3 nitrogen and oxygen atoms in total. The van der Waals surface area contributed by atoms with Crippen LogP contribution in [-0.2, 0) is 20.1 Å². The van der Waals surface area contributed by atoms with E-state index in [1.54, 1.807) is 0 Å². The number of hydrogen-bond acceptors (Lipinski definition) is 3. The summed E-state index contributed by atoms with van der Waals surface area (Å²) < 4.78 is 0. The Morgan fingerprint density at radius 1 is 0.457 bits per heavy atom. The summed E-state index contributed by atoms with van der Waals surface area (Å²) in [5.74, 6) is 0. The Morgan fingerprint density at radius 2 is 0.913 bits per heavy atom. The van der Waals surface area contributed by atoms with Crippen molar-refractivity contribution in [1.82, 2.24) is 15.0 Å². The largest absolute Gasteiger partial charge is 3.00 e. The minimum Gasteiger partial charge on any atom is -0.304 e. The Kier molecular flexibility index (Phi) is 12.9. The van der Waals surface area contributed by atoms with E-state index in [9.17, 15) is 0 Å². The first-order valence-electron chi connectivity index (χ1n) is 14.9. The van der Waals surface area contributed by atoms with Crippen molar-refractivity contribution in [2.75, 3.05) is 0 Å². The fourth-order valence-corrected chi connectivity index (χ4v) is 4.67. The van der Waals surface area contributed by atoms with Gasteiger partial charge < -0.3 is 15.0 Å². The molecule has 46 heavy (non-hydrogen) atoms. The van der Waals surface area contributed by atoms with Crippen molar-refractivity contribution in [2.24, 2.45) is 0 Å². The maximum Gasteiger partial charge on any atom is 3.00 e. The third-order valence-corrected chi connectivity index (χ3v) is 6.93. The van der Waals surface area contributed by atoms with Gasteiger partial charge in [-0.15, -0.1) is 108 Å². The fraction of sp³-hybridized carbons (Fsp3) is 0.0714. The molecule has 226 valence electrons. The summed E-state index contributed by atoms with van der Waals surface area (Å²) in [6, 6.07) is 57.6. The van der Waals surface area contributed by atoms with Gasteiger partial charge in [0, 0.05) is 23.1 Å². The molecular weight excluding hydrogens is 739 g/mol. The summed E-state index contributed by atoms with van der Waals surface area (Å²) >= 11 is 0. The van der Waals surface area contributed by atoms with E-state index < -0.39 is 0 Å². The molecule has 4 aromatic carbocycles. The van der Waals surface area contributed by atoms with Gasteiger partial charge in [-0.25, -0.2) is 0 Å². The van der Waals surface area contributed by atoms with E-state index in [-0.39, 0.29) is 20.1 Å². The second-order valence-corrected chi connectivity index (χ2v) is 10.4. The van der Waals surface area contributed by atoms with E-state index in [2.05, 4.69) is 58.3 Å². The molecule has 7 aromatic rings. The van der Waals surface area contributed by atoms with E-state index in [1.165, 1.54) is 16.7 Å². The molecule has 0 spiro atoms. The standard InChI is InChI=1S/C18H14N.2C12H10N.Ir/c1-14-12-18(16-10-6-3-7-11-16)19-13-17(14)15-8-4-2-5-9-15;2*1-10-6-5-9-12(13-10)11-7-3-2-4-8-11;/h2-10,12-13H,1H3;2*2-7,9H,1H3;/q3*-1;+3. The van der Waals surface area contributed by atoms with Gasteiger partial charge in [0.15, 0.2) is 0 Å². The van der Waals surface area contributed by atoms with Gasteiger partial charge in [0.05, 0.1) is 0 Å². The van der Waals surface area contributed by atoms with Gasteiger partial charge in [-0.2, -0.15) is 0 Å². The molecule has 7 rings (SSSR count). The van der Waals surface area contributed by atoms with Gasteiger partial charge in [0.1, 0.15) is 0 Å². The van der Waals surface area contributed by atoms with Crippen LogP contribution in [0, 0.1) is 39.0 Å². The monoisotopic (exact) mass is 773 g/mol. The van der Waals surface area contributed by atoms with Crippen LogP contribution in [0.3, 0.4) is 0 Å². The van der Waals surface area contributed by atoms with Gasteiger partial charge in [0.25, 0.3) is 0 Å². The zero-order valence-electron chi connectivity index (χ0n) is 26.1. The van der Waals surface area contributed by atoms with Crippen LogP contribution < -0.4 is 0 Å². The van der Waals surface area contributed by atoms with Crippen LogP contribution in [0.5, 0.6) is 0 Å². The molecular formula is C42H34IrN3. The maximum atomic E-state index is 4.55. The summed E-state index contributed by atoms with van der Waals surface area (Å²) in [5, 5.41) is 0. The Balaban J connectivity index is 0.000000159. The Bertz CT molecular complexity index is 1830. The van der Waals surface area contributed by atoms with E-state index >= 15 is 0 Å². The number of aromatic nitrogens is 3. The van der Waals surface area contributed by atoms with E-state index in [0.29, 0.717) is 0 Å². The molecule has 0 N–H and O–H groups in total. The van der Waals surface area contributed by atoms with Crippen molar-refractivity contribution in [3.63, 3.8) is 0 Å². The molecule has 0 fully saturated rings. The molecule has 3 aromatic heterocycles. The van der Waals surface area contributed by atoms with Crippen LogP contribution in [0.1, 0.15) is 17.0 Å². The van der Waals surface area contributed by atoms with Crippen molar-refractivity contribution in [1.29, 1.82) is 0 Å². The second-order valence-electron chi connectivity index (χ2n) is 10.4. The molecule has 0 aliphatic rings. The SMILES string of the molecule is Cc1cc(-c2[c-]cccc2)ncc1-c1ccccc1.Cc1cccc(-c2[c-]cccc2)n1.Cc1cccc(-c2[c-]cccc2)n1.[Ir+3]. The van der Waals surface area contributed by atoms with E-state index in [1.807, 2.05) is 147 Å². The van der Waals surface area contributed by atoms with Crippen molar-refractivity contribution >= 4 is 0 Å². The number of nitrogens with zero attached hydrogens (tertiary/aromatic N) is 3. The summed E-state index contributed by atoms with van der Waals surface area (Å²) in [7, 11) is 0. The predicted molar refractivity (Wildman–Crippen MR) is 185 cm³/mol. The predicted octanol–water partition coefficient (Wildman–Crippen LogP) is 10.2. The van der Waals surface area contributed by atoms with Crippen molar-refractivity contribution < 1.29 is 20.1 Å². The molecule has 0 aliphatic carbocycles. The minimum atomic E-state index is 0. The number of aryl methyl sites for hydroxylation is 3. The Morgan fingerprint density at radius 3 is 1.33 bits per heavy atom. The first-order chi connectivity index (χ1) is 22.1. The molecule has 0 radical (unpaired) electrons. The first-order valence-corrected chi connectivity index (χ1v) is 14.9. The molecule has 0 unspecified atom stereocenters. The van der Waals surface area contributed by atoms with Crippen LogP contribution in [-0.4, -0.2) is 15.0 Å². The van der Waals surface area contributed by atoms with E-state index in [0.717, 1.165) is 45.2 Å². The quantitative estimate of drug-likeness (QED) is 0.167. The topological polar surface area (TPSA) is 38.7 Å². The second kappa shape index (κ2) is 17.5. The minimum absolute atomic E-state index is 0. The first kappa shape index (κ1) is 33.9. The van der Waals surface area contributed by atoms with Crippen LogP contribution in [0.25, 0.3) is 44.9 Å². The molecule has 3 heterocycles. The summed E-state index contributed by atoms with van der Waals surface area (Å²) in [4.78, 5) is 13.4. The summed E-state index contributed by atoms with van der Waals surface area (Å²) in [5.41, 5.74) is 11.8. The fourth-order valence-electron chi connectivity index (χ4n) is 4.67. The number of pyridine rings is 3. The molecule has 0 atom stereocenters. The Hall–Kier alpha value is -5.02. The third kappa shape index (κ3) is 9.74. The Labute approximate surface area is 286 Å². The van der Waals surface area contributed by atoms with Crippen molar-refractivity contribution in [3.8, 4) is 44.9 Å². The zero-order chi connectivity index (χ0) is 31.3. The third-order valence-electron chi connectivity index (χ3n) is 6.93. The van der Waals surface area contributed by atoms with Gasteiger partial charge in [0.2, 0.25) is 0 Å². The number of benzene rings is 4. The number of hydrogen-bond donors (Lipinski definition) is 0. The maximum absolute atomic E-state index is 4.55.